The van der Waals surface area contributed by atoms with Crippen molar-refractivity contribution in [1.29, 1.82) is 0 Å². The molecule has 2 N–H and O–H groups in total. The molecule has 0 saturated heterocycles. The lowest BCUT2D eigenvalue weighted by molar-refractivity contribution is -0.125. The van der Waals surface area contributed by atoms with Crippen LogP contribution >= 0.6 is 0 Å². The summed E-state index contributed by atoms with van der Waals surface area (Å²) in [5.41, 5.74) is 0. The van der Waals surface area contributed by atoms with Crippen molar-refractivity contribution in [3.05, 3.63) is 0 Å². The first kappa shape index (κ1) is 14.9. The van der Waals surface area contributed by atoms with E-state index < -0.39 is 0 Å². The van der Waals surface area contributed by atoms with Gasteiger partial charge in [-0.3, -0.25) is 9.59 Å². The van der Waals surface area contributed by atoms with Gasteiger partial charge in [-0.2, -0.15) is 0 Å². The van der Waals surface area contributed by atoms with Crippen molar-refractivity contribution in [2.24, 2.45) is 0 Å². The predicted molar refractivity (Wildman–Crippen MR) is 65.1 cm³/mol. The molecule has 0 radical (unpaired) electrons. The zero-order chi connectivity index (χ0) is 12.2. The van der Waals surface area contributed by atoms with E-state index in [1.165, 1.54) is 25.7 Å². The molecule has 0 fully saturated rings. The summed E-state index contributed by atoms with van der Waals surface area (Å²) in [6, 6.07) is 0. The number of carbonyl (C=O) groups excluding carboxylic acids is 2. The van der Waals surface area contributed by atoms with E-state index in [1.807, 2.05) is 0 Å². The highest BCUT2D eigenvalue weighted by molar-refractivity contribution is 5.84. The van der Waals surface area contributed by atoms with E-state index in [9.17, 15) is 9.59 Å². The van der Waals surface area contributed by atoms with Crippen molar-refractivity contribution >= 4 is 11.8 Å². The molecule has 0 aromatic heterocycles. The van der Waals surface area contributed by atoms with Crippen molar-refractivity contribution in [3.8, 4) is 0 Å². The fraction of sp³-hybridized carbons (Fsp3) is 0.833. The third-order valence-electron chi connectivity index (χ3n) is 2.48. The Morgan fingerprint density at radius 2 is 1.56 bits per heavy atom. The molecule has 0 saturated carbocycles. The van der Waals surface area contributed by atoms with Crippen molar-refractivity contribution in [3.63, 3.8) is 0 Å². The maximum atomic E-state index is 11.3. The quantitative estimate of drug-likeness (QED) is 0.589. The summed E-state index contributed by atoms with van der Waals surface area (Å²) < 4.78 is 0. The molecule has 4 heteroatoms. The average molecular weight is 228 g/mol. The number of unbranched alkanes of at least 4 members (excludes halogenated alkanes) is 5. The highest BCUT2D eigenvalue weighted by atomic mass is 16.2. The second kappa shape index (κ2) is 10.5. The van der Waals surface area contributed by atoms with Crippen LogP contribution < -0.4 is 10.6 Å². The van der Waals surface area contributed by atoms with Gasteiger partial charge in [0.05, 0.1) is 6.54 Å². The zero-order valence-electron chi connectivity index (χ0n) is 10.5. The van der Waals surface area contributed by atoms with Gasteiger partial charge < -0.3 is 10.6 Å². The smallest absolute Gasteiger partial charge is 0.239 e. The van der Waals surface area contributed by atoms with Crippen LogP contribution in [0.5, 0.6) is 0 Å². The van der Waals surface area contributed by atoms with Crippen LogP contribution in [-0.2, 0) is 9.59 Å². The molecule has 0 aliphatic rings. The molecule has 0 rings (SSSR count). The van der Waals surface area contributed by atoms with Crippen molar-refractivity contribution in [1.82, 2.24) is 10.6 Å². The predicted octanol–water partition coefficient (Wildman–Crippen LogP) is 1.60. The Kier molecular flexibility index (Phi) is 9.76. The Morgan fingerprint density at radius 3 is 2.19 bits per heavy atom. The van der Waals surface area contributed by atoms with Crippen LogP contribution in [0.2, 0.25) is 0 Å². The van der Waals surface area contributed by atoms with Gasteiger partial charge >= 0.3 is 0 Å². The summed E-state index contributed by atoms with van der Waals surface area (Å²) in [5, 5.41) is 5.04. The molecule has 94 valence electrons. The molecule has 0 unspecified atom stereocenters. The summed E-state index contributed by atoms with van der Waals surface area (Å²) >= 11 is 0. The summed E-state index contributed by atoms with van der Waals surface area (Å²) in [4.78, 5) is 22.1. The Hall–Kier alpha value is -1.06. The van der Waals surface area contributed by atoms with Crippen LogP contribution in [0, 0.1) is 0 Å². The molecular formula is C12H24N2O2. The second-order valence-electron chi connectivity index (χ2n) is 3.97. The van der Waals surface area contributed by atoms with Crippen LogP contribution in [0.25, 0.3) is 0 Å². The number of hydrogen-bond donors (Lipinski definition) is 2. The molecule has 2 amide bonds. The van der Waals surface area contributed by atoms with Crippen LogP contribution in [0.3, 0.4) is 0 Å². The second-order valence-corrected chi connectivity index (χ2v) is 3.97. The number of hydrogen-bond acceptors (Lipinski definition) is 2. The van der Waals surface area contributed by atoms with E-state index in [0.717, 1.165) is 12.8 Å². The molecule has 0 aliphatic carbocycles. The maximum Gasteiger partial charge on any atom is 0.239 e. The summed E-state index contributed by atoms with van der Waals surface area (Å²) in [7, 11) is 1.56. The molecule has 0 aromatic carbocycles. The minimum atomic E-state index is -0.156. The lowest BCUT2D eigenvalue weighted by atomic mass is 10.1. The fourth-order valence-electron chi connectivity index (χ4n) is 1.42. The van der Waals surface area contributed by atoms with Gasteiger partial charge in [-0.1, -0.05) is 39.0 Å². The fourth-order valence-corrected chi connectivity index (χ4v) is 1.42. The molecule has 0 spiro atoms. The van der Waals surface area contributed by atoms with E-state index in [2.05, 4.69) is 17.6 Å². The zero-order valence-corrected chi connectivity index (χ0v) is 10.5. The van der Waals surface area contributed by atoms with Gasteiger partial charge in [-0.05, 0) is 6.42 Å². The number of carbonyl (C=O) groups is 2. The van der Waals surface area contributed by atoms with Crippen LogP contribution in [0.4, 0.5) is 0 Å². The minimum Gasteiger partial charge on any atom is -0.358 e. The van der Waals surface area contributed by atoms with Gasteiger partial charge in [0.2, 0.25) is 11.8 Å². The van der Waals surface area contributed by atoms with E-state index >= 15 is 0 Å². The minimum absolute atomic E-state index is 0.0286. The number of amides is 2. The van der Waals surface area contributed by atoms with E-state index in [0.29, 0.717) is 6.42 Å². The SMILES string of the molecule is CCCCCCCCC(=O)NCC(=O)NC. The molecule has 0 aromatic rings. The molecule has 16 heavy (non-hydrogen) atoms. The lowest BCUT2D eigenvalue weighted by Gasteiger charge is -2.04. The van der Waals surface area contributed by atoms with Gasteiger partial charge in [0.15, 0.2) is 0 Å². The van der Waals surface area contributed by atoms with Gasteiger partial charge in [-0.25, -0.2) is 0 Å². The van der Waals surface area contributed by atoms with E-state index in [-0.39, 0.29) is 18.4 Å². The first-order valence-electron chi connectivity index (χ1n) is 6.18. The Labute approximate surface area is 98.2 Å². The maximum absolute atomic E-state index is 11.3. The van der Waals surface area contributed by atoms with Crippen LogP contribution in [-0.4, -0.2) is 25.4 Å². The lowest BCUT2D eigenvalue weighted by Crippen LogP contribution is -2.34. The first-order chi connectivity index (χ1) is 7.70. The normalized spacial score (nSPS) is 9.88. The summed E-state index contributed by atoms with van der Waals surface area (Å²) in [6.45, 7) is 2.28. The summed E-state index contributed by atoms with van der Waals surface area (Å²) in [6.07, 6.45) is 7.54. The number of nitrogens with one attached hydrogen (secondary N) is 2. The third-order valence-corrected chi connectivity index (χ3v) is 2.48. The standard InChI is InChI=1S/C12H24N2O2/c1-3-4-5-6-7-8-9-11(15)14-10-12(16)13-2/h3-10H2,1-2H3,(H,13,16)(H,14,15). The van der Waals surface area contributed by atoms with Gasteiger partial charge in [0.1, 0.15) is 0 Å². The number of rotatable bonds is 9. The number of likely N-dealkylation sites (N-methyl/N-ethyl adjacent to an activating group) is 1. The van der Waals surface area contributed by atoms with Gasteiger partial charge in [0, 0.05) is 13.5 Å². The monoisotopic (exact) mass is 228 g/mol. The van der Waals surface area contributed by atoms with Crippen LogP contribution in [0.15, 0.2) is 0 Å². The third kappa shape index (κ3) is 9.49. The molecule has 0 bridgehead atoms. The van der Waals surface area contributed by atoms with Gasteiger partial charge in [-0.15, -0.1) is 0 Å². The highest BCUT2D eigenvalue weighted by Crippen LogP contribution is 2.06. The van der Waals surface area contributed by atoms with Crippen molar-refractivity contribution in [2.45, 2.75) is 51.9 Å². The first-order valence-corrected chi connectivity index (χ1v) is 6.18. The van der Waals surface area contributed by atoms with Crippen molar-refractivity contribution < 1.29 is 9.59 Å². The van der Waals surface area contributed by atoms with Gasteiger partial charge in [0.25, 0.3) is 0 Å². The molecule has 0 aliphatic heterocycles. The molecule has 0 heterocycles. The van der Waals surface area contributed by atoms with E-state index in [4.69, 9.17) is 0 Å². The largest absolute Gasteiger partial charge is 0.358 e. The van der Waals surface area contributed by atoms with Crippen molar-refractivity contribution in [2.75, 3.05) is 13.6 Å². The Morgan fingerprint density at radius 1 is 0.938 bits per heavy atom. The molecule has 4 nitrogen and oxygen atoms in total. The molecule has 0 atom stereocenters. The summed E-state index contributed by atoms with van der Waals surface area (Å²) in [5.74, 6) is -0.185. The Bertz CT molecular complexity index is 205. The van der Waals surface area contributed by atoms with Crippen LogP contribution in [0.1, 0.15) is 51.9 Å². The topological polar surface area (TPSA) is 58.2 Å². The molecular weight excluding hydrogens is 204 g/mol. The van der Waals surface area contributed by atoms with E-state index in [1.54, 1.807) is 7.05 Å². The highest BCUT2D eigenvalue weighted by Gasteiger charge is 2.03. The average Bonchev–Trinajstić information content (AvgIpc) is 2.30. The Balaban J connectivity index is 3.27.